The van der Waals surface area contributed by atoms with Crippen molar-refractivity contribution in [3.05, 3.63) is 67.6 Å². The van der Waals surface area contributed by atoms with Gasteiger partial charge < -0.3 is 5.32 Å². The summed E-state index contributed by atoms with van der Waals surface area (Å²) in [6.45, 7) is 0. The van der Waals surface area contributed by atoms with Gasteiger partial charge in [0.05, 0.1) is 10.0 Å². The number of halogens is 4. The van der Waals surface area contributed by atoms with E-state index in [-0.39, 0.29) is 6.04 Å². The van der Waals surface area contributed by atoms with Crippen LogP contribution in [0.3, 0.4) is 0 Å². The minimum Gasteiger partial charge on any atom is -0.313 e. The molecule has 0 saturated carbocycles. The first-order chi connectivity index (χ1) is 9.54. The normalized spacial score (nSPS) is 12.4. The van der Waals surface area contributed by atoms with Gasteiger partial charge in [0.15, 0.2) is 0 Å². The molecule has 1 unspecified atom stereocenters. The Morgan fingerprint density at radius 2 is 1.45 bits per heavy atom. The van der Waals surface area contributed by atoms with Gasteiger partial charge in [-0.25, -0.2) is 0 Å². The van der Waals surface area contributed by atoms with Crippen molar-refractivity contribution in [2.45, 2.75) is 12.5 Å². The van der Waals surface area contributed by atoms with E-state index in [4.69, 9.17) is 46.4 Å². The van der Waals surface area contributed by atoms with Crippen molar-refractivity contribution >= 4 is 46.4 Å². The average Bonchev–Trinajstić information content (AvgIpc) is 2.42. The summed E-state index contributed by atoms with van der Waals surface area (Å²) in [5.74, 6) is 0. The summed E-state index contributed by atoms with van der Waals surface area (Å²) in [6, 6.07) is 11.0. The molecule has 2 aromatic rings. The van der Waals surface area contributed by atoms with Crippen LogP contribution in [0.2, 0.25) is 20.1 Å². The van der Waals surface area contributed by atoms with Gasteiger partial charge in [-0.15, -0.1) is 0 Å². The highest BCUT2D eigenvalue weighted by Gasteiger charge is 2.18. The van der Waals surface area contributed by atoms with Gasteiger partial charge >= 0.3 is 0 Å². The van der Waals surface area contributed by atoms with Gasteiger partial charge in [0.1, 0.15) is 0 Å². The summed E-state index contributed by atoms with van der Waals surface area (Å²) in [6.07, 6.45) is 0.652. The Morgan fingerprint density at radius 3 is 2.05 bits per heavy atom. The fourth-order valence-corrected chi connectivity index (χ4v) is 3.18. The van der Waals surface area contributed by atoms with E-state index in [2.05, 4.69) is 5.32 Å². The summed E-state index contributed by atoms with van der Waals surface area (Å²) in [4.78, 5) is 0. The zero-order valence-corrected chi connectivity index (χ0v) is 13.8. The highest BCUT2D eigenvalue weighted by atomic mass is 35.5. The van der Waals surface area contributed by atoms with Crippen LogP contribution in [-0.2, 0) is 6.42 Å². The Kier molecular flexibility index (Phi) is 5.59. The van der Waals surface area contributed by atoms with Crippen LogP contribution in [0.25, 0.3) is 0 Å². The Hall–Kier alpha value is -0.440. The number of likely N-dealkylation sites (N-methyl/N-ethyl adjacent to an activating group) is 1. The Bertz CT molecular complexity index is 593. The molecular weight excluding hydrogens is 336 g/mol. The van der Waals surface area contributed by atoms with Crippen molar-refractivity contribution in [3.8, 4) is 0 Å². The minimum atomic E-state index is -0.0350. The molecular formula is C15H13Cl4N. The molecule has 1 N–H and O–H groups in total. The monoisotopic (exact) mass is 347 g/mol. The second-order valence-corrected chi connectivity index (χ2v) is 5.99. The molecule has 0 bridgehead atoms. The Morgan fingerprint density at radius 1 is 0.900 bits per heavy atom. The van der Waals surface area contributed by atoms with Crippen LogP contribution >= 0.6 is 46.4 Å². The molecule has 1 nitrogen and oxygen atoms in total. The molecule has 0 fully saturated rings. The zero-order valence-electron chi connectivity index (χ0n) is 10.8. The number of hydrogen-bond donors (Lipinski definition) is 1. The summed E-state index contributed by atoms with van der Waals surface area (Å²) in [5.41, 5.74) is 1.82. The number of rotatable bonds is 4. The van der Waals surface area contributed by atoms with Gasteiger partial charge in [-0.05, 0) is 37.2 Å². The smallest absolute Gasteiger partial charge is 0.0624 e. The maximum absolute atomic E-state index is 6.26. The average molecular weight is 349 g/mol. The fourth-order valence-electron chi connectivity index (χ4n) is 2.12. The third-order valence-corrected chi connectivity index (χ3v) is 4.67. The molecule has 20 heavy (non-hydrogen) atoms. The second-order valence-electron chi connectivity index (χ2n) is 4.39. The van der Waals surface area contributed by atoms with Crippen LogP contribution in [0.5, 0.6) is 0 Å². The molecule has 0 amide bonds. The number of nitrogens with one attached hydrogen (secondary N) is 1. The van der Waals surface area contributed by atoms with Gasteiger partial charge in [0.25, 0.3) is 0 Å². The van der Waals surface area contributed by atoms with Crippen molar-refractivity contribution in [1.82, 2.24) is 5.32 Å². The highest BCUT2D eigenvalue weighted by molar-refractivity contribution is 6.42. The first-order valence-electron chi connectivity index (χ1n) is 6.08. The predicted octanol–water partition coefficient (Wildman–Crippen LogP) is 5.80. The third kappa shape index (κ3) is 3.41. The van der Waals surface area contributed by atoms with Gasteiger partial charge in [0, 0.05) is 21.7 Å². The molecule has 0 aromatic heterocycles. The first kappa shape index (κ1) is 15.9. The van der Waals surface area contributed by atoms with E-state index < -0.39 is 0 Å². The van der Waals surface area contributed by atoms with Crippen LogP contribution in [0, 0.1) is 0 Å². The lowest BCUT2D eigenvalue weighted by Gasteiger charge is -2.20. The highest BCUT2D eigenvalue weighted by Crippen LogP contribution is 2.34. The van der Waals surface area contributed by atoms with Crippen molar-refractivity contribution in [1.29, 1.82) is 0 Å². The van der Waals surface area contributed by atoms with Gasteiger partial charge in [-0.3, -0.25) is 0 Å². The van der Waals surface area contributed by atoms with Crippen molar-refractivity contribution in [3.63, 3.8) is 0 Å². The van der Waals surface area contributed by atoms with E-state index in [0.29, 0.717) is 26.5 Å². The second kappa shape index (κ2) is 7.02. The van der Waals surface area contributed by atoms with Crippen molar-refractivity contribution in [2.24, 2.45) is 0 Å². The van der Waals surface area contributed by atoms with Crippen LogP contribution in [0.4, 0.5) is 0 Å². The van der Waals surface area contributed by atoms with Crippen LogP contribution in [0.15, 0.2) is 36.4 Å². The van der Waals surface area contributed by atoms with E-state index >= 15 is 0 Å². The largest absolute Gasteiger partial charge is 0.313 e. The molecule has 0 spiro atoms. The zero-order chi connectivity index (χ0) is 14.7. The van der Waals surface area contributed by atoms with Gasteiger partial charge in [-0.2, -0.15) is 0 Å². The Labute approximate surface area is 138 Å². The number of hydrogen-bond acceptors (Lipinski definition) is 1. The molecule has 106 valence electrons. The standard InChI is InChI=1S/C15H13Cl4N/c1-20-13(14-10(16)5-3-6-11(14)17)8-9-4-2-7-12(18)15(9)19/h2-7,13,20H,8H2,1H3. The lowest BCUT2D eigenvalue weighted by molar-refractivity contribution is 0.592. The molecule has 0 aliphatic rings. The minimum absolute atomic E-state index is 0.0350. The lowest BCUT2D eigenvalue weighted by Crippen LogP contribution is -2.20. The van der Waals surface area contributed by atoms with Gasteiger partial charge in [-0.1, -0.05) is 64.6 Å². The molecule has 0 saturated heterocycles. The van der Waals surface area contributed by atoms with E-state index in [1.54, 1.807) is 6.07 Å². The Balaban J connectivity index is 2.37. The molecule has 0 radical (unpaired) electrons. The summed E-state index contributed by atoms with van der Waals surface area (Å²) in [5, 5.41) is 5.61. The summed E-state index contributed by atoms with van der Waals surface area (Å²) >= 11 is 24.8. The third-order valence-electron chi connectivity index (χ3n) is 3.15. The molecule has 0 heterocycles. The van der Waals surface area contributed by atoms with E-state index in [0.717, 1.165) is 11.1 Å². The molecule has 2 aromatic carbocycles. The van der Waals surface area contributed by atoms with Crippen LogP contribution < -0.4 is 5.32 Å². The molecule has 0 aliphatic carbocycles. The summed E-state index contributed by atoms with van der Waals surface area (Å²) < 4.78 is 0. The lowest BCUT2D eigenvalue weighted by atomic mass is 9.99. The SMILES string of the molecule is CNC(Cc1cccc(Cl)c1Cl)c1c(Cl)cccc1Cl. The summed E-state index contributed by atoms with van der Waals surface area (Å²) in [7, 11) is 1.86. The number of benzene rings is 2. The van der Waals surface area contributed by atoms with Gasteiger partial charge in [0.2, 0.25) is 0 Å². The maximum Gasteiger partial charge on any atom is 0.0624 e. The molecule has 2 rings (SSSR count). The van der Waals surface area contributed by atoms with Crippen LogP contribution in [-0.4, -0.2) is 7.05 Å². The molecule has 0 aliphatic heterocycles. The molecule has 1 atom stereocenters. The van der Waals surface area contributed by atoms with E-state index in [9.17, 15) is 0 Å². The maximum atomic E-state index is 6.26. The fraction of sp³-hybridized carbons (Fsp3) is 0.200. The van der Waals surface area contributed by atoms with Crippen molar-refractivity contribution in [2.75, 3.05) is 7.05 Å². The predicted molar refractivity (Wildman–Crippen MR) is 88.4 cm³/mol. The van der Waals surface area contributed by atoms with Crippen LogP contribution in [0.1, 0.15) is 17.2 Å². The van der Waals surface area contributed by atoms with E-state index in [1.165, 1.54) is 0 Å². The topological polar surface area (TPSA) is 12.0 Å². The van der Waals surface area contributed by atoms with E-state index in [1.807, 2.05) is 37.4 Å². The molecule has 5 heteroatoms. The first-order valence-corrected chi connectivity index (χ1v) is 7.59. The van der Waals surface area contributed by atoms with Crippen molar-refractivity contribution < 1.29 is 0 Å². The quantitative estimate of drug-likeness (QED) is 0.735.